The first kappa shape index (κ1) is 15.0. The Morgan fingerprint density at radius 3 is 2.00 bits per heavy atom. The minimum atomic E-state index is -4.11. The van der Waals surface area contributed by atoms with Crippen molar-refractivity contribution in [3.8, 4) is 0 Å². The molecule has 0 saturated heterocycles. The van der Waals surface area contributed by atoms with Crippen LogP contribution in [0.25, 0.3) is 0 Å². The zero-order valence-electron chi connectivity index (χ0n) is 7.89. The molecule has 0 fully saturated rings. The van der Waals surface area contributed by atoms with Gasteiger partial charge in [-0.25, -0.2) is 9.59 Å². The molecule has 9 heteroatoms. The SMILES string of the molecule is O=C(O)C(=O)c1ccco1.O=C(O)C(F)(F)Cl. The number of halogens is 3. The van der Waals surface area contributed by atoms with E-state index in [0.717, 1.165) is 0 Å². The summed E-state index contributed by atoms with van der Waals surface area (Å²) in [5, 5.41) is 11.4. The first-order valence-electron chi connectivity index (χ1n) is 3.77. The largest absolute Gasteiger partial charge is 0.476 e. The Balaban J connectivity index is 0.000000325. The van der Waals surface area contributed by atoms with Crippen molar-refractivity contribution in [1.29, 1.82) is 0 Å². The standard InChI is InChI=1S/C6H4O4.C2HClF2O2/c7-5(6(8)9)4-2-1-3-10-4;3-2(4,5)1(6)7/h1-3H,(H,8,9);(H,6,7). The first-order chi connectivity index (χ1) is 7.66. The second-order valence-corrected chi connectivity index (χ2v) is 2.89. The summed E-state index contributed by atoms with van der Waals surface area (Å²) in [6, 6.07) is 2.76. The highest BCUT2D eigenvalue weighted by atomic mass is 35.5. The van der Waals surface area contributed by atoms with Crippen LogP contribution in [0, 0.1) is 0 Å². The van der Waals surface area contributed by atoms with Crippen LogP contribution in [-0.4, -0.2) is 33.3 Å². The van der Waals surface area contributed by atoms with Crippen LogP contribution in [0.4, 0.5) is 8.78 Å². The fourth-order valence-corrected chi connectivity index (χ4v) is 0.513. The number of alkyl halides is 3. The Labute approximate surface area is 97.4 Å². The summed E-state index contributed by atoms with van der Waals surface area (Å²) < 4.78 is 26.5. The fourth-order valence-electron chi connectivity index (χ4n) is 0.513. The van der Waals surface area contributed by atoms with Crippen molar-refractivity contribution >= 4 is 29.3 Å². The number of ketones is 1. The number of carbonyl (C=O) groups is 3. The Morgan fingerprint density at radius 1 is 1.29 bits per heavy atom. The first-order valence-corrected chi connectivity index (χ1v) is 4.15. The average molecular weight is 271 g/mol. The van der Waals surface area contributed by atoms with Gasteiger partial charge < -0.3 is 14.6 Å². The molecule has 6 nitrogen and oxygen atoms in total. The lowest BCUT2D eigenvalue weighted by molar-refractivity contribution is -0.153. The highest BCUT2D eigenvalue weighted by Gasteiger charge is 2.35. The van der Waals surface area contributed by atoms with Gasteiger partial charge in [0, 0.05) is 0 Å². The molecule has 0 aliphatic carbocycles. The van der Waals surface area contributed by atoms with Crippen LogP contribution in [-0.2, 0) is 9.59 Å². The van der Waals surface area contributed by atoms with Crippen LogP contribution in [0.1, 0.15) is 10.6 Å². The molecule has 94 valence electrons. The van der Waals surface area contributed by atoms with E-state index in [-0.39, 0.29) is 5.76 Å². The molecule has 1 heterocycles. The lowest BCUT2D eigenvalue weighted by Gasteiger charge is -1.95. The molecule has 0 saturated carbocycles. The lowest BCUT2D eigenvalue weighted by atomic mass is 10.3. The smallest absolute Gasteiger partial charge is 0.417 e. The summed E-state index contributed by atoms with van der Waals surface area (Å²) in [6.07, 6.45) is 1.25. The number of Topliss-reactive ketones (excluding diaryl/α,β-unsaturated/α-hetero) is 1. The number of aliphatic carboxylic acids is 2. The number of rotatable bonds is 3. The van der Waals surface area contributed by atoms with Gasteiger partial charge in [0.2, 0.25) is 0 Å². The predicted octanol–water partition coefficient (Wildman–Crippen LogP) is 1.45. The van der Waals surface area contributed by atoms with E-state index in [1.165, 1.54) is 18.4 Å². The van der Waals surface area contributed by atoms with Gasteiger partial charge >= 0.3 is 23.1 Å². The number of carboxylic acid groups (broad SMARTS) is 2. The minimum absolute atomic E-state index is 0.146. The van der Waals surface area contributed by atoms with Gasteiger partial charge in [0.05, 0.1) is 6.26 Å². The maximum Gasteiger partial charge on any atom is 0.417 e. The Bertz CT molecular complexity index is 408. The molecule has 0 spiro atoms. The van der Waals surface area contributed by atoms with E-state index in [1.807, 2.05) is 0 Å². The van der Waals surface area contributed by atoms with E-state index >= 15 is 0 Å². The van der Waals surface area contributed by atoms with E-state index in [0.29, 0.717) is 0 Å². The third-order valence-corrected chi connectivity index (χ3v) is 1.34. The van der Waals surface area contributed by atoms with Gasteiger partial charge in [-0.2, -0.15) is 8.78 Å². The van der Waals surface area contributed by atoms with Crippen LogP contribution in [0.3, 0.4) is 0 Å². The quantitative estimate of drug-likeness (QED) is 0.489. The van der Waals surface area contributed by atoms with Gasteiger partial charge in [-0.3, -0.25) is 4.79 Å². The summed E-state index contributed by atoms with van der Waals surface area (Å²) in [7, 11) is 0. The molecule has 2 N–H and O–H groups in total. The third kappa shape index (κ3) is 5.61. The molecule has 1 aromatic heterocycles. The number of furan rings is 1. The van der Waals surface area contributed by atoms with Crippen molar-refractivity contribution in [2.45, 2.75) is 5.38 Å². The zero-order valence-corrected chi connectivity index (χ0v) is 8.65. The highest BCUT2D eigenvalue weighted by Crippen LogP contribution is 2.17. The number of carboxylic acids is 2. The molecule has 0 aromatic carbocycles. The van der Waals surface area contributed by atoms with Crippen LogP contribution in [0.2, 0.25) is 0 Å². The number of hydrogen-bond acceptors (Lipinski definition) is 4. The molecule has 0 aliphatic heterocycles. The zero-order chi connectivity index (χ0) is 13.6. The van der Waals surface area contributed by atoms with Crippen LogP contribution >= 0.6 is 11.6 Å². The van der Waals surface area contributed by atoms with Crippen molar-refractivity contribution < 1.29 is 37.8 Å². The van der Waals surface area contributed by atoms with Crippen molar-refractivity contribution in [1.82, 2.24) is 0 Å². The summed E-state index contributed by atoms with van der Waals surface area (Å²) in [6.45, 7) is 0. The maximum atomic E-state index is 11.0. The molecular weight excluding hydrogens is 266 g/mol. The normalized spacial score (nSPS) is 10.1. The lowest BCUT2D eigenvalue weighted by Crippen LogP contribution is -2.19. The summed E-state index contributed by atoms with van der Waals surface area (Å²) >= 11 is 3.94. The molecule has 0 radical (unpaired) electrons. The van der Waals surface area contributed by atoms with E-state index in [2.05, 4.69) is 16.0 Å². The van der Waals surface area contributed by atoms with Crippen molar-refractivity contribution in [2.24, 2.45) is 0 Å². The molecule has 0 aliphatic rings. The van der Waals surface area contributed by atoms with E-state index in [4.69, 9.17) is 15.0 Å². The minimum Gasteiger partial charge on any atom is -0.476 e. The van der Waals surface area contributed by atoms with Gasteiger partial charge in [0.1, 0.15) is 0 Å². The van der Waals surface area contributed by atoms with Crippen LogP contribution < -0.4 is 0 Å². The predicted molar refractivity (Wildman–Crippen MR) is 49.1 cm³/mol. The van der Waals surface area contributed by atoms with E-state index < -0.39 is 23.1 Å². The monoisotopic (exact) mass is 270 g/mol. The molecular formula is C8H5ClF2O6. The van der Waals surface area contributed by atoms with Crippen LogP contribution in [0.15, 0.2) is 22.8 Å². The third-order valence-electron chi connectivity index (χ3n) is 1.18. The highest BCUT2D eigenvalue weighted by molar-refractivity contribution is 6.38. The van der Waals surface area contributed by atoms with Crippen molar-refractivity contribution in [3.63, 3.8) is 0 Å². The molecule has 0 unspecified atom stereocenters. The fraction of sp³-hybridized carbons (Fsp3) is 0.125. The van der Waals surface area contributed by atoms with Gasteiger partial charge in [0.25, 0.3) is 0 Å². The molecule has 1 rings (SSSR count). The molecule has 17 heavy (non-hydrogen) atoms. The molecule has 0 bridgehead atoms. The Hall–Kier alpha value is -1.96. The summed E-state index contributed by atoms with van der Waals surface area (Å²) in [4.78, 5) is 29.6. The van der Waals surface area contributed by atoms with Crippen molar-refractivity contribution in [2.75, 3.05) is 0 Å². The molecule has 1 aromatic rings. The van der Waals surface area contributed by atoms with Crippen LogP contribution in [0.5, 0.6) is 0 Å². The Morgan fingerprint density at radius 2 is 1.76 bits per heavy atom. The molecule has 0 atom stereocenters. The van der Waals surface area contributed by atoms with Gasteiger partial charge in [-0.15, -0.1) is 0 Å². The van der Waals surface area contributed by atoms with Gasteiger partial charge in [-0.05, 0) is 23.7 Å². The second kappa shape index (κ2) is 5.94. The van der Waals surface area contributed by atoms with Gasteiger partial charge in [0.15, 0.2) is 5.76 Å². The second-order valence-electron chi connectivity index (χ2n) is 2.41. The van der Waals surface area contributed by atoms with Crippen molar-refractivity contribution in [3.05, 3.63) is 24.2 Å². The topological polar surface area (TPSA) is 105 Å². The average Bonchev–Trinajstić information content (AvgIpc) is 2.68. The number of carbonyl (C=O) groups excluding carboxylic acids is 1. The van der Waals surface area contributed by atoms with Gasteiger partial charge in [-0.1, -0.05) is 0 Å². The molecule has 0 amide bonds. The van der Waals surface area contributed by atoms with E-state index in [9.17, 15) is 18.4 Å². The number of hydrogen-bond donors (Lipinski definition) is 2. The maximum absolute atomic E-state index is 11.0. The van der Waals surface area contributed by atoms with E-state index in [1.54, 1.807) is 0 Å². The summed E-state index contributed by atoms with van der Waals surface area (Å²) in [5.74, 6) is -5.00. The Kier molecular flexibility index (Phi) is 5.26. The summed E-state index contributed by atoms with van der Waals surface area (Å²) in [5.41, 5.74) is 0.